The fraction of sp³-hybridized carbons (Fsp3) is 0.533. The molecule has 22 heavy (non-hydrogen) atoms. The first-order chi connectivity index (χ1) is 10.5. The SMILES string of the molecule is CN(CC(N)=O)C1CCCN(c2ccccc2[N+](=O)[O-])CC1. The molecule has 1 aromatic carbocycles. The van der Waals surface area contributed by atoms with Crippen LogP contribution in [0.4, 0.5) is 11.4 Å². The van der Waals surface area contributed by atoms with Gasteiger partial charge in [-0.2, -0.15) is 0 Å². The molecule has 0 radical (unpaired) electrons. The van der Waals surface area contributed by atoms with Gasteiger partial charge in [0, 0.05) is 25.2 Å². The number of rotatable bonds is 5. The first-order valence-corrected chi connectivity index (χ1v) is 7.46. The van der Waals surface area contributed by atoms with Crippen molar-refractivity contribution in [2.24, 2.45) is 5.73 Å². The molecule has 0 saturated carbocycles. The van der Waals surface area contributed by atoms with E-state index in [-0.39, 0.29) is 29.1 Å². The van der Waals surface area contributed by atoms with Crippen molar-refractivity contribution in [3.63, 3.8) is 0 Å². The molecule has 1 amide bonds. The molecule has 120 valence electrons. The van der Waals surface area contributed by atoms with Crippen LogP contribution in [0.3, 0.4) is 0 Å². The van der Waals surface area contributed by atoms with E-state index in [4.69, 9.17) is 5.73 Å². The van der Waals surface area contributed by atoms with Gasteiger partial charge in [0.05, 0.1) is 11.5 Å². The highest BCUT2D eigenvalue weighted by Crippen LogP contribution is 2.30. The lowest BCUT2D eigenvalue weighted by molar-refractivity contribution is -0.384. The highest BCUT2D eigenvalue weighted by Gasteiger charge is 2.24. The summed E-state index contributed by atoms with van der Waals surface area (Å²) in [6.07, 6.45) is 2.75. The first-order valence-electron chi connectivity index (χ1n) is 7.46. The fourth-order valence-corrected chi connectivity index (χ4v) is 3.02. The predicted octanol–water partition coefficient (Wildman–Crippen LogP) is 1.37. The molecule has 1 fully saturated rings. The predicted molar refractivity (Wildman–Crippen MR) is 84.8 cm³/mol. The quantitative estimate of drug-likeness (QED) is 0.655. The molecule has 1 aliphatic rings. The molecule has 1 aliphatic heterocycles. The van der Waals surface area contributed by atoms with Crippen molar-refractivity contribution >= 4 is 17.3 Å². The fourth-order valence-electron chi connectivity index (χ4n) is 3.02. The van der Waals surface area contributed by atoms with Gasteiger partial charge in [-0.3, -0.25) is 19.8 Å². The van der Waals surface area contributed by atoms with Crippen LogP contribution < -0.4 is 10.6 Å². The van der Waals surface area contributed by atoms with E-state index in [1.165, 1.54) is 6.07 Å². The van der Waals surface area contributed by atoms with Gasteiger partial charge in [-0.25, -0.2) is 0 Å². The number of carbonyl (C=O) groups excluding carboxylic acids is 1. The molecule has 2 N–H and O–H groups in total. The third kappa shape index (κ3) is 3.94. The van der Waals surface area contributed by atoms with Crippen molar-refractivity contribution in [3.05, 3.63) is 34.4 Å². The Kier molecular flexibility index (Phi) is 5.32. The van der Waals surface area contributed by atoms with Gasteiger partial charge in [-0.05, 0) is 32.4 Å². The van der Waals surface area contributed by atoms with Gasteiger partial charge in [0.25, 0.3) is 5.69 Å². The van der Waals surface area contributed by atoms with Crippen molar-refractivity contribution in [3.8, 4) is 0 Å². The Morgan fingerprint density at radius 3 is 2.82 bits per heavy atom. The van der Waals surface area contributed by atoms with E-state index in [1.54, 1.807) is 12.1 Å². The van der Waals surface area contributed by atoms with Gasteiger partial charge >= 0.3 is 0 Å². The Balaban J connectivity index is 2.07. The molecule has 1 atom stereocenters. The summed E-state index contributed by atoms with van der Waals surface area (Å²) in [6, 6.07) is 7.12. The molecule has 0 spiro atoms. The normalized spacial score (nSPS) is 19.0. The van der Waals surface area contributed by atoms with E-state index in [0.717, 1.165) is 32.4 Å². The van der Waals surface area contributed by atoms with Gasteiger partial charge in [0.2, 0.25) is 5.91 Å². The minimum absolute atomic E-state index is 0.145. The van der Waals surface area contributed by atoms with Gasteiger partial charge < -0.3 is 10.6 Å². The van der Waals surface area contributed by atoms with Crippen LogP contribution in [-0.2, 0) is 4.79 Å². The largest absolute Gasteiger partial charge is 0.369 e. The monoisotopic (exact) mass is 306 g/mol. The molecular formula is C15H22N4O3. The van der Waals surface area contributed by atoms with Crippen LogP contribution in [0.25, 0.3) is 0 Å². The Bertz CT molecular complexity index is 549. The Morgan fingerprint density at radius 2 is 2.14 bits per heavy atom. The van der Waals surface area contributed by atoms with Crippen molar-refractivity contribution in [1.29, 1.82) is 0 Å². The smallest absolute Gasteiger partial charge is 0.292 e. The van der Waals surface area contributed by atoms with Crippen LogP contribution >= 0.6 is 0 Å². The second kappa shape index (κ2) is 7.22. The minimum atomic E-state index is -0.336. The summed E-state index contributed by atoms with van der Waals surface area (Å²) in [5.41, 5.74) is 6.06. The number of nitro benzene ring substituents is 1. The highest BCUT2D eigenvalue weighted by atomic mass is 16.6. The third-order valence-corrected chi connectivity index (χ3v) is 4.15. The summed E-state index contributed by atoms with van der Waals surface area (Å²) in [7, 11) is 1.90. The first kappa shape index (κ1) is 16.2. The Hall–Kier alpha value is -2.15. The topological polar surface area (TPSA) is 92.7 Å². The zero-order chi connectivity index (χ0) is 16.1. The molecule has 1 aromatic rings. The molecule has 7 nitrogen and oxygen atoms in total. The maximum absolute atomic E-state index is 11.2. The molecule has 1 saturated heterocycles. The molecule has 0 bridgehead atoms. The highest BCUT2D eigenvalue weighted by molar-refractivity contribution is 5.75. The lowest BCUT2D eigenvalue weighted by Gasteiger charge is -2.26. The molecule has 1 unspecified atom stereocenters. The second-order valence-electron chi connectivity index (χ2n) is 5.70. The van der Waals surface area contributed by atoms with E-state index in [0.29, 0.717) is 5.69 Å². The number of amides is 1. The van der Waals surface area contributed by atoms with Gasteiger partial charge in [0.1, 0.15) is 5.69 Å². The summed E-state index contributed by atoms with van der Waals surface area (Å²) >= 11 is 0. The average Bonchev–Trinajstić information content (AvgIpc) is 2.72. The number of para-hydroxylation sites is 2. The van der Waals surface area contributed by atoms with Crippen LogP contribution in [0, 0.1) is 10.1 Å². The minimum Gasteiger partial charge on any atom is -0.369 e. The summed E-state index contributed by atoms with van der Waals surface area (Å²) in [4.78, 5) is 25.9. The molecule has 7 heteroatoms. The summed E-state index contributed by atoms with van der Waals surface area (Å²) in [5.74, 6) is -0.331. The number of benzene rings is 1. The van der Waals surface area contributed by atoms with Crippen LogP contribution in [-0.4, -0.2) is 48.5 Å². The van der Waals surface area contributed by atoms with Gasteiger partial charge in [0.15, 0.2) is 0 Å². The summed E-state index contributed by atoms with van der Waals surface area (Å²) < 4.78 is 0. The zero-order valence-electron chi connectivity index (χ0n) is 12.8. The summed E-state index contributed by atoms with van der Waals surface area (Å²) in [6.45, 7) is 1.76. The van der Waals surface area contributed by atoms with E-state index in [9.17, 15) is 14.9 Å². The van der Waals surface area contributed by atoms with Gasteiger partial charge in [-0.15, -0.1) is 0 Å². The molecule has 0 aromatic heterocycles. The van der Waals surface area contributed by atoms with E-state index in [1.807, 2.05) is 18.0 Å². The van der Waals surface area contributed by atoms with Crippen molar-refractivity contribution in [2.75, 3.05) is 31.6 Å². The molecule has 2 rings (SSSR count). The maximum Gasteiger partial charge on any atom is 0.292 e. The van der Waals surface area contributed by atoms with Crippen LogP contribution in [0.15, 0.2) is 24.3 Å². The molecular weight excluding hydrogens is 284 g/mol. The number of nitrogens with two attached hydrogens (primary N) is 1. The van der Waals surface area contributed by atoms with E-state index >= 15 is 0 Å². The standard InChI is InChI=1S/C15H22N4O3/c1-17(11-15(16)20)12-5-4-9-18(10-8-12)13-6-2-3-7-14(13)19(21)22/h2-3,6-7,12H,4-5,8-11H2,1H3,(H2,16,20). The van der Waals surface area contributed by atoms with Crippen molar-refractivity contribution in [2.45, 2.75) is 25.3 Å². The average molecular weight is 306 g/mol. The summed E-state index contributed by atoms with van der Waals surface area (Å²) in [5, 5.41) is 11.2. The van der Waals surface area contributed by atoms with E-state index in [2.05, 4.69) is 4.90 Å². The lowest BCUT2D eigenvalue weighted by Crippen LogP contribution is -2.39. The Morgan fingerprint density at radius 1 is 1.41 bits per heavy atom. The van der Waals surface area contributed by atoms with Crippen LogP contribution in [0.1, 0.15) is 19.3 Å². The van der Waals surface area contributed by atoms with Crippen molar-refractivity contribution < 1.29 is 9.72 Å². The molecule has 0 aliphatic carbocycles. The van der Waals surface area contributed by atoms with Crippen LogP contribution in [0.5, 0.6) is 0 Å². The number of nitro groups is 1. The van der Waals surface area contributed by atoms with Crippen molar-refractivity contribution in [1.82, 2.24) is 4.90 Å². The number of hydrogen-bond acceptors (Lipinski definition) is 5. The number of hydrogen-bond donors (Lipinski definition) is 1. The van der Waals surface area contributed by atoms with Gasteiger partial charge in [-0.1, -0.05) is 12.1 Å². The molecule has 1 heterocycles. The van der Waals surface area contributed by atoms with E-state index < -0.39 is 0 Å². The maximum atomic E-state index is 11.2. The third-order valence-electron chi connectivity index (χ3n) is 4.15. The number of nitrogens with zero attached hydrogens (tertiary/aromatic N) is 3. The number of anilines is 1. The Labute approximate surface area is 129 Å². The number of likely N-dealkylation sites (N-methyl/N-ethyl adjacent to an activating group) is 1. The lowest BCUT2D eigenvalue weighted by atomic mass is 10.1. The number of carbonyl (C=O) groups is 1. The zero-order valence-corrected chi connectivity index (χ0v) is 12.8. The number of primary amides is 1. The second-order valence-corrected chi connectivity index (χ2v) is 5.70. The van der Waals surface area contributed by atoms with Crippen LogP contribution in [0.2, 0.25) is 0 Å².